The number of alkyl halides is 3. The van der Waals surface area contributed by atoms with Gasteiger partial charge in [0, 0.05) is 0 Å². The Bertz CT molecular complexity index is 784. The molecule has 0 amide bonds. The van der Waals surface area contributed by atoms with Gasteiger partial charge in [0.05, 0.1) is 6.10 Å². The predicted molar refractivity (Wildman–Crippen MR) is 132 cm³/mol. The van der Waals surface area contributed by atoms with Crippen molar-refractivity contribution in [2.75, 3.05) is 5.65 Å². The van der Waals surface area contributed by atoms with E-state index in [2.05, 4.69) is 26.8 Å². The molecule has 0 saturated heterocycles. The summed E-state index contributed by atoms with van der Waals surface area (Å²) in [6, 6.07) is 0. The molecule has 0 aliphatic heterocycles. The molecule has 3 saturated carbocycles. The summed E-state index contributed by atoms with van der Waals surface area (Å²) in [4.78, 5) is 0. The first kappa shape index (κ1) is 23.3. The van der Waals surface area contributed by atoms with Crippen LogP contribution >= 0.6 is 12.0 Å². The van der Waals surface area contributed by atoms with Gasteiger partial charge < -0.3 is 9.29 Å². The highest BCUT2D eigenvalue weighted by Gasteiger charge is 2.59. The number of halogens is 3. The molecule has 1 N–H and O–H groups in total. The molecule has 2 nitrogen and oxygen atoms in total. The third kappa shape index (κ3) is 4.81. The monoisotopic (exact) mass is 489 g/mol. The zero-order valence-corrected chi connectivity index (χ0v) is 21.2. The second kappa shape index (κ2) is 9.73. The highest BCUT2D eigenvalue weighted by atomic mass is 32.2. The fourth-order valence-corrected chi connectivity index (χ4v) is 9.04. The lowest BCUT2D eigenvalue weighted by atomic mass is 9.47. The largest absolute Gasteiger partial charge is 0.414 e. The number of aliphatic hydroxyl groups excluding tert-OH is 1. The quantitative estimate of drug-likeness (QED) is 0.239. The van der Waals surface area contributed by atoms with Gasteiger partial charge in [-0.2, -0.15) is 13.2 Å². The van der Waals surface area contributed by atoms with Crippen LogP contribution in [0.15, 0.2) is 11.6 Å². The fraction of sp³-hybridized carbons (Fsp3) is 0.923. The first-order valence-corrected chi connectivity index (χ1v) is 13.8. The average Bonchev–Trinajstić information content (AvgIpc) is 3.13. The maximum Gasteiger partial charge on any atom is 0.414 e. The molecule has 0 heterocycles. The number of allylic oxidation sites excluding steroid dienone is 1. The second-order valence-electron chi connectivity index (χ2n) is 11.8. The highest BCUT2D eigenvalue weighted by molar-refractivity contribution is 7.95. The van der Waals surface area contributed by atoms with Crippen LogP contribution in [0.3, 0.4) is 0 Å². The smallest absolute Gasteiger partial charge is 0.384 e. The molecular weight excluding hydrogens is 444 g/mol. The van der Waals surface area contributed by atoms with Gasteiger partial charge in [-0.3, -0.25) is 0 Å². The average molecular weight is 490 g/mol. The number of fused-ring (bicyclic) bond motifs is 5. The van der Waals surface area contributed by atoms with Crippen molar-refractivity contribution in [2.45, 2.75) is 103 Å². The van der Waals surface area contributed by atoms with Crippen molar-refractivity contribution in [1.82, 2.24) is 0 Å². The lowest BCUT2D eigenvalue weighted by Gasteiger charge is -2.58. The summed E-state index contributed by atoms with van der Waals surface area (Å²) in [7, 11) is -0.854. The minimum atomic E-state index is -4.52. The molecule has 3 fully saturated rings. The zero-order chi connectivity index (χ0) is 25.6. The van der Waals surface area contributed by atoms with Crippen molar-refractivity contribution in [3.05, 3.63) is 11.6 Å². The molecule has 8 unspecified atom stereocenters. The molecular formula is C26H42BF3O2S. The van der Waals surface area contributed by atoms with E-state index in [0.29, 0.717) is 35.7 Å². The maximum absolute atomic E-state index is 12.8. The summed E-state index contributed by atoms with van der Waals surface area (Å²) < 4.78 is 59.1. The molecule has 0 spiro atoms. The molecule has 0 aromatic carbocycles. The third-order valence-corrected chi connectivity index (χ3v) is 10.9. The van der Waals surface area contributed by atoms with E-state index in [0.717, 1.165) is 38.5 Å². The summed E-state index contributed by atoms with van der Waals surface area (Å²) in [6.45, 7) is 6.98. The van der Waals surface area contributed by atoms with Gasteiger partial charge in [0.1, 0.15) is 13.9 Å². The molecule has 4 aliphatic rings. The Labute approximate surface area is 206 Å². The van der Waals surface area contributed by atoms with Crippen LogP contribution in [0, 0.1) is 40.4 Å². The summed E-state index contributed by atoms with van der Waals surface area (Å²) in [6.07, 6.45) is 5.01. The Balaban J connectivity index is 1.41. The molecule has 188 valence electrons. The van der Waals surface area contributed by atoms with E-state index in [-0.39, 0.29) is 29.3 Å². The molecule has 0 aromatic heterocycles. The van der Waals surface area contributed by atoms with Gasteiger partial charge in [0.15, 0.2) is 0 Å². The Morgan fingerprint density at radius 1 is 1.27 bits per heavy atom. The number of aliphatic hydroxyl groups is 1. The van der Waals surface area contributed by atoms with Gasteiger partial charge in [-0.1, -0.05) is 32.4 Å². The van der Waals surface area contributed by atoms with Crippen LogP contribution in [0.4, 0.5) is 13.2 Å². The summed E-state index contributed by atoms with van der Waals surface area (Å²) >= 11 is 1.27. The van der Waals surface area contributed by atoms with Gasteiger partial charge in [-0.25, -0.2) is 0 Å². The highest BCUT2D eigenvalue weighted by Crippen LogP contribution is 2.67. The molecule has 33 heavy (non-hydrogen) atoms. The van der Waals surface area contributed by atoms with Gasteiger partial charge >= 0.3 is 6.18 Å². The molecule has 4 aliphatic carbocycles. The van der Waals surface area contributed by atoms with E-state index >= 15 is 0 Å². The summed E-state index contributed by atoms with van der Waals surface area (Å²) in [5.41, 5.74) is 2.32. The van der Waals surface area contributed by atoms with Crippen molar-refractivity contribution in [3.63, 3.8) is 0 Å². The van der Waals surface area contributed by atoms with E-state index in [1.54, 1.807) is 0 Å². The van der Waals surface area contributed by atoms with E-state index < -0.39 is 20.1 Å². The molecule has 0 aromatic rings. The van der Waals surface area contributed by atoms with Crippen LogP contribution in [-0.4, -0.2) is 39.6 Å². The van der Waals surface area contributed by atoms with Crippen molar-refractivity contribution in [3.8, 4) is 0 Å². The van der Waals surface area contributed by atoms with Gasteiger partial charge in [-0.15, -0.1) is 0 Å². The standard InChI is InChI=1S/C26H42BF3O2S/c1-16(4-9-23(31)26(28,29)30)20-7-8-21-19-6-5-17-14-18(32-33-15-27)10-12-24(17,2)22(19)11-13-25(20,21)3/h5,16,18-23,31H,4,6-15,27H2,1-3H3/t16?,18-,19?,20?,21?,22?,23?,24?,25?/m0/s1/i27TD. The number of hydrogen-bond donors (Lipinski definition) is 1. The van der Waals surface area contributed by atoms with Crippen molar-refractivity contribution < 1.29 is 22.5 Å². The Morgan fingerprint density at radius 3 is 2.79 bits per heavy atom. The van der Waals surface area contributed by atoms with Crippen LogP contribution in [0.2, 0.25) is 0 Å². The van der Waals surface area contributed by atoms with Crippen LogP contribution in [0.5, 0.6) is 0 Å². The SMILES string of the molecule is [2H]B([3H])CSO[C@H]1CCC2(C)C(=CCC3C2CCC2(C)C(C(C)CCC(O)C(F)(F)F)CCC32)C1. The second-order valence-corrected chi connectivity index (χ2v) is 12.6. The number of rotatable bonds is 8. The van der Waals surface area contributed by atoms with Crippen LogP contribution in [0.1, 0.15) is 85.0 Å². The predicted octanol–water partition coefficient (Wildman–Crippen LogP) is 6.53. The van der Waals surface area contributed by atoms with Crippen molar-refractivity contribution in [1.29, 1.82) is 2.67 Å². The van der Waals surface area contributed by atoms with Gasteiger partial charge in [0.2, 0.25) is 0 Å². The fourth-order valence-electron chi connectivity index (χ4n) is 8.61. The molecule has 7 heteroatoms. The first-order chi connectivity index (χ1) is 16.4. The topological polar surface area (TPSA) is 29.5 Å². The van der Waals surface area contributed by atoms with Crippen LogP contribution < -0.4 is 0 Å². The van der Waals surface area contributed by atoms with E-state index in [4.69, 9.17) is 6.85 Å². The Hall–Kier alpha value is -0.135. The van der Waals surface area contributed by atoms with Gasteiger partial charge in [0.25, 0.3) is 0 Å². The van der Waals surface area contributed by atoms with Crippen LogP contribution in [-0.2, 0) is 4.18 Å². The maximum atomic E-state index is 12.8. The van der Waals surface area contributed by atoms with Gasteiger partial charge in [-0.05, 0) is 125 Å². The summed E-state index contributed by atoms with van der Waals surface area (Å²) in [5.74, 6) is 2.58. The zero-order valence-electron chi connectivity index (χ0n) is 22.4. The first-order valence-electron chi connectivity index (χ1n) is 14.1. The third-order valence-electron chi connectivity index (χ3n) is 10.4. The van der Waals surface area contributed by atoms with E-state index in [1.807, 2.05) is 0 Å². The Morgan fingerprint density at radius 2 is 2.06 bits per heavy atom. The molecule has 0 radical (unpaired) electrons. The summed E-state index contributed by atoms with van der Waals surface area (Å²) in [5, 5.41) is 9.50. The normalized spacial score (nSPS) is 43.4. The van der Waals surface area contributed by atoms with E-state index in [1.165, 1.54) is 30.5 Å². The number of hydrogen-bond acceptors (Lipinski definition) is 3. The minimum absolute atomic E-state index is 0.173. The Kier molecular flexibility index (Phi) is 6.86. The van der Waals surface area contributed by atoms with E-state index in [9.17, 15) is 18.3 Å². The minimum Gasteiger partial charge on any atom is -0.384 e. The lowest BCUT2D eigenvalue weighted by molar-refractivity contribution is -0.206. The molecule has 4 rings (SSSR count). The lowest BCUT2D eigenvalue weighted by Crippen LogP contribution is -2.51. The van der Waals surface area contributed by atoms with Crippen LogP contribution in [0.25, 0.3) is 0 Å². The molecule has 9 atom stereocenters. The molecule has 0 bridgehead atoms. The van der Waals surface area contributed by atoms with Crippen molar-refractivity contribution in [2.24, 2.45) is 40.4 Å². The van der Waals surface area contributed by atoms with Crippen molar-refractivity contribution >= 4 is 19.8 Å².